The molecule has 0 fully saturated rings. The summed E-state index contributed by atoms with van der Waals surface area (Å²) in [6.45, 7) is 2.88. The third-order valence-electron chi connectivity index (χ3n) is 3.59. The molecule has 3 rings (SSSR count). The average molecular weight is 286 g/mol. The van der Waals surface area contributed by atoms with Crippen molar-refractivity contribution in [2.45, 2.75) is 13.5 Å². The highest BCUT2D eigenvalue weighted by Gasteiger charge is 2.09. The highest BCUT2D eigenvalue weighted by molar-refractivity contribution is 6.30. The first kappa shape index (κ1) is 13.1. The quantitative estimate of drug-likeness (QED) is 0.683. The molecule has 20 heavy (non-hydrogen) atoms. The van der Waals surface area contributed by atoms with Crippen molar-refractivity contribution in [3.63, 3.8) is 0 Å². The van der Waals surface area contributed by atoms with Crippen molar-refractivity contribution < 1.29 is 4.74 Å². The molecule has 102 valence electrons. The van der Waals surface area contributed by atoms with Gasteiger partial charge in [0, 0.05) is 21.8 Å². The summed E-state index contributed by atoms with van der Waals surface area (Å²) in [5.41, 5.74) is 3.55. The Morgan fingerprint density at radius 1 is 1.10 bits per heavy atom. The van der Waals surface area contributed by atoms with Crippen LogP contribution in [0.2, 0.25) is 5.02 Å². The molecule has 3 aromatic rings. The summed E-state index contributed by atoms with van der Waals surface area (Å²) in [6, 6.07) is 16.3. The van der Waals surface area contributed by atoms with E-state index in [1.165, 1.54) is 16.6 Å². The second-order valence-corrected chi connectivity index (χ2v) is 5.32. The minimum Gasteiger partial charge on any atom is -0.496 e. The number of para-hydroxylation sites is 1. The Balaban J connectivity index is 2.09. The first-order chi connectivity index (χ1) is 9.69. The van der Waals surface area contributed by atoms with Gasteiger partial charge in [-0.05, 0) is 42.6 Å². The summed E-state index contributed by atoms with van der Waals surface area (Å²) in [7, 11) is 1.69. The minimum atomic E-state index is 0.731. The van der Waals surface area contributed by atoms with E-state index >= 15 is 0 Å². The molecular formula is C17H16ClNO. The average Bonchev–Trinajstić information content (AvgIpc) is 2.76. The number of fused-ring (bicyclic) bond motifs is 1. The Kier molecular flexibility index (Phi) is 3.41. The number of aryl methyl sites for hydroxylation is 1. The van der Waals surface area contributed by atoms with Crippen LogP contribution in [0.3, 0.4) is 0 Å². The van der Waals surface area contributed by atoms with Crippen molar-refractivity contribution in [2.24, 2.45) is 0 Å². The molecule has 0 atom stereocenters. The van der Waals surface area contributed by atoms with Gasteiger partial charge in [0.05, 0.1) is 13.7 Å². The maximum atomic E-state index is 6.11. The van der Waals surface area contributed by atoms with Crippen molar-refractivity contribution >= 4 is 22.5 Å². The molecule has 2 nitrogen and oxygen atoms in total. The molecule has 0 spiro atoms. The monoisotopic (exact) mass is 285 g/mol. The van der Waals surface area contributed by atoms with Gasteiger partial charge in [-0.3, -0.25) is 0 Å². The number of hydrogen-bond donors (Lipinski definition) is 0. The third-order valence-corrected chi connectivity index (χ3v) is 3.82. The van der Waals surface area contributed by atoms with Gasteiger partial charge in [-0.2, -0.15) is 0 Å². The fourth-order valence-electron chi connectivity index (χ4n) is 2.60. The van der Waals surface area contributed by atoms with Gasteiger partial charge in [0.15, 0.2) is 0 Å². The van der Waals surface area contributed by atoms with Crippen LogP contribution in [0.15, 0.2) is 48.5 Å². The Hall–Kier alpha value is -1.93. The van der Waals surface area contributed by atoms with Crippen LogP contribution in [0.4, 0.5) is 0 Å². The van der Waals surface area contributed by atoms with Crippen LogP contribution in [0.1, 0.15) is 11.3 Å². The normalized spacial score (nSPS) is 10.9. The molecule has 0 radical (unpaired) electrons. The van der Waals surface area contributed by atoms with E-state index in [0.717, 1.165) is 22.9 Å². The maximum Gasteiger partial charge on any atom is 0.123 e. The van der Waals surface area contributed by atoms with Crippen LogP contribution in [0.25, 0.3) is 10.9 Å². The van der Waals surface area contributed by atoms with Crippen LogP contribution < -0.4 is 4.74 Å². The van der Waals surface area contributed by atoms with E-state index in [-0.39, 0.29) is 0 Å². The fourth-order valence-corrected chi connectivity index (χ4v) is 2.79. The van der Waals surface area contributed by atoms with E-state index in [9.17, 15) is 0 Å². The molecule has 0 aliphatic rings. The van der Waals surface area contributed by atoms with E-state index < -0.39 is 0 Å². The van der Waals surface area contributed by atoms with Crippen LogP contribution in [-0.4, -0.2) is 11.7 Å². The van der Waals surface area contributed by atoms with E-state index in [1.807, 2.05) is 18.2 Å². The van der Waals surface area contributed by atoms with Gasteiger partial charge in [-0.15, -0.1) is 0 Å². The third kappa shape index (κ3) is 2.27. The molecular weight excluding hydrogens is 270 g/mol. The molecule has 3 heteroatoms. The molecule has 0 aliphatic carbocycles. The van der Waals surface area contributed by atoms with Gasteiger partial charge < -0.3 is 9.30 Å². The van der Waals surface area contributed by atoms with Gasteiger partial charge in [-0.25, -0.2) is 0 Å². The lowest BCUT2D eigenvalue weighted by Gasteiger charge is -2.12. The summed E-state index contributed by atoms with van der Waals surface area (Å²) in [4.78, 5) is 0. The molecule has 1 aromatic heterocycles. The lowest BCUT2D eigenvalue weighted by Crippen LogP contribution is -2.03. The standard InChI is InChI=1S/C17H16ClNO/c1-12-9-13-5-3-4-6-16(13)19(12)11-14-10-15(18)7-8-17(14)20-2/h3-10H,11H2,1-2H3. The maximum absolute atomic E-state index is 6.11. The number of hydrogen-bond acceptors (Lipinski definition) is 1. The Morgan fingerprint density at radius 2 is 1.90 bits per heavy atom. The topological polar surface area (TPSA) is 14.2 Å². The van der Waals surface area contributed by atoms with E-state index in [4.69, 9.17) is 16.3 Å². The number of nitrogens with zero attached hydrogens (tertiary/aromatic N) is 1. The summed E-state index contributed by atoms with van der Waals surface area (Å²) < 4.78 is 7.71. The SMILES string of the molecule is COc1ccc(Cl)cc1Cn1c(C)cc2ccccc21. The van der Waals surface area contributed by atoms with Crippen molar-refractivity contribution in [1.82, 2.24) is 4.57 Å². The van der Waals surface area contributed by atoms with Crippen molar-refractivity contribution in [3.05, 3.63) is 64.8 Å². The van der Waals surface area contributed by atoms with Crippen molar-refractivity contribution in [3.8, 4) is 5.75 Å². The van der Waals surface area contributed by atoms with Gasteiger partial charge in [0.2, 0.25) is 0 Å². The predicted molar refractivity (Wildman–Crippen MR) is 83.8 cm³/mol. The Morgan fingerprint density at radius 3 is 2.70 bits per heavy atom. The van der Waals surface area contributed by atoms with Gasteiger partial charge in [-0.1, -0.05) is 29.8 Å². The fraction of sp³-hybridized carbons (Fsp3) is 0.176. The van der Waals surface area contributed by atoms with Crippen LogP contribution in [0.5, 0.6) is 5.75 Å². The molecule has 0 unspecified atom stereocenters. The highest BCUT2D eigenvalue weighted by Crippen LogP contribution is 2.26. The largest absolute Gasteiger partial charge is 0.496 e. The second kappa shape index (κ2) is 5.22. The molecule has 0 N–H and O–H groups in total. The van der Waals surface area contributed by atoms with Crippen molar-refractivity contribution in [2.75, 3.05) is 7.11 Å². The zero-order valence-corrected chi connectivity index (χ0v) is 12.3. The zero-order valence-electron chi connectivity index (χ0n) is 11.6. The number of methoxy groups -OCH3 is 1. The second-order valence-electron chi connectivity index (χ2n) is 4.89. The van der Waals surface area contributed by atoms with E-state index in [0.29, 0.717) is 0 Å². The summed E-state index contributed by atoms with van der Waals surface area (Å²) in [5.74, 6) is 0.867. The van der Waals surface area contributed by atoms with Crippen LogP contribution in [-0.2, 0) is 6.54 Å². The van der Waals surface area contributed by atoms with Crippen LogP contribution in [0, 0.1) is 6.92 Å². The number of halogens is 1. The predicted octanol–water partition coefficient (Wildman–Crippen LogP) is 4.66. The summed E-state index contributed by atoms with van der Waals surface area (Å²) in [5, 5.41) is 1.99. The Labute approximate surface area is 123 Å². The highest BCUT2D eigenvalue weighted by atomic mass is 35.5. The number of ether oxygens (including phenoxy) is 1. The minimum absolute atomic E-state index is 0.731. The molecule has 2 aromatic carbocycles. The molecule has 1 heterocycles. The number of benzene rings is 2. The number of aromatic nitrogens is 1. The molecule has 0 amide bonds. The summed E-state index contributed by atoms with van der Waals surface area (Å²) >= 11 is 6.11. The van der Waals surface area contributed by atoms with E-state index in [2.05, 4.69) is 41.8 Å². The lowest BCUT2D eigenvalue weighted by atomic mass is 10.2. The van der Waals surface area contributed by atoms with Gasteiger partial charge >= 0.3 is 0 Å². The van der Waals surface area contributed by atoms with Crippen LogP contribution >= 0.6 is 11.6 Å². The molecule has 0 saturated heterocycles. The van der Waals surface area contributed by atoms with Gasteiger partial charge in [0.25, 0.3) is 0 Å². The Bertz CT molecular complexity index is 761. The van der Waals surface area contributed by atoms with E-state index in [1.54, 1.807) is 7.11 Å². The first-order valence-electron chi connectivity index (χ1n) is 6.56. The number of rotatable bonds is 3. The smallest absolute Gasteiger partial charge is 0.123 e. The summed E-state index contributed by atoms with van der Waals surface area (Å²) in [6.07, 6.45) is 0. The first-order valence-corrected chi connectivity index (χ1v) is 6.94. The van der Waals surface area contributed by atoms with Gasteiger partial charge in [0.1, 0.15) is 5.75 Å². The van der Waals surface area contributed by atoms with Crippen molar-refractivity contribution in [1.29, 1.82) is 0 Å². The molecule has 0 aliphatic heterocycles. The lowest BCUT2D eigenvalue weighted by molar-refractivity contribution is 0.408. The molecule has 0 saturated carbocycles. The molecule has 0 bridgehead atoms. The zero-order chi connectivity index (χ0) is 14.1.